The molecule has 3 heterocycles. The summed E-state index contributed by atoms with van der Waals surface area (Å²) >= 11 is 1.40. The SMILES string of the molecule is CCC(C)NC(=O)N(CCCN1CCN(C)CC1)Cc1ccc(C(=O)Cc2cscc2NC(=O)OC(C)(C)C)nc1. The molecular formula is C30H46N6O4S. The van der Waals surface area contributed by atoms with Crippen LogP contribution in [0.3, 0.4) is 0 Å². The predicted molar refractivity (Wildman–Crippen MR) is 164 cm³/mol. The first-order valence-corrected chi connectivity index (χ1v) is 15.4. The van der Waals surface area contributed by atoms with E-state index < -0.39 is 11.7 Å². The van der Waals surface area contributed by atoms with Crippen LogP contribution in [0.1, 0.15) is 69.1 Å². The van der Waals surface area contributed by atoms with Crippen LogP contribution >= 0.6 is 11.3 Å². The summed E-state index contributed by atoms with van der Waals surface area (Å²) in [5.74, 6) is -0.152. The minimum Gasteiger partial charge on any atom is -0.444 e. The van der Waals surface area contributed by atoms with E-state index in [1.54, 1.807) is 38.4 Å². The van der Waals surface area contributed by atoms with E-state index in [0.717, 1.165) is 51.1 Å². The Morgan fingerprint density at radius 2 is 1.88 bits per heavy atom. The van der Waals surface area contributed by atoms with E-state index in [2.05, 4.69) is 39.4 Å². The average Bonchev–Trinajstić information content (AvgIpc) is 3.34. The van der Waals surface area contributed by atoms with E-state index in [1.807, 2.05) is 23.3 Å². The molecule has 0 saturated carbocycles. The van der Waals surface area contributed by atoms with Gasteiger partial charge in [-0.15, -0.1) is 11.3 Å². The van der Waals surface area contributed by atoms with Gasteiger partial charge in [0, 0.05) is 63.3 Å². The molecule has 1 aliphatic heterocycles. The molecule has 0 aromatic carbocycles. The number of thiophene rings is 1. The van der Waals surface area contributed by atoms with Crippen LogP contribution in [0, 0.1) is 0 Å². The normalized spacial score (nSPS) is 15.3. The second-order valence-electron chi connectivity index (χ2n) is 11.8. The Labute approximate surface area is 248 Å². The fourth-order valence-electron chi connectivity index (χ4n) is 4.36. The summed E-state index contributed by atoms with van der Waals surface area (Å²) in [7, 11) is 2.15. The Balaban J connectivity index is 1.59. The van der Waals surface area contributed by atoms with E-state index >= 15 is 0 Å². The van der Waals surface area contributed by atoms with Crippen molar-refractivity contribution in [3.63, 3.8) is 0 Å². The molecule has 1 aliphatic rings. The molecule has 2 aromatic rings. The molecule has 0 spiro atoms. The highest BCUT2D eigenvalue weighted by molar-refractivity contribution is 7.08. The number of nitrogens with zero attached hydrogens (tertiary/aromatic N) is 4. The number of anilines is 1. The van der Waals surface area contributed by atoms with Crippen LogP contribution in [0.25, 0.3) is 0 Å². The average molecular weight is 587 g/mol. The molecule has 1 atom stereocenters. The number of hydrogen-bond donors (Lipinski definition) is 2. The lowest BCUT2D eigenvalue weighted by molar-refractivity contribution is 0.0635. The first-order chi connectivity index (χ1) is 19.4. The smallest absolute Gasteiger partial charge is 0.412 e. The fourth-order valence-corrected chi connectivity index (χ4v) is 5.15. The number of carbonyl (C=O) groups is 3. The summed E-state index contributed by atoms with van der Waals surface area (Å²) in [4.78, 5) is 49.3. The lowest BCUT2D eigenvalue weighted by Crippen LogP contribution is -2.46. The Hall–Kier alpha value is -3.02. The Morgan fingerprint density at radius 1 is 1.15 bits per heavy atom. The van der Waals surface area contributed by atoms with Gasteiger partial charge in [-0.25, -0.2) is 9.59 Å². The molecule has 2 N–H and O–H groups in total. The minimum atomic E-state index is -0.614. The maximum atomic E-state index is 13.1. The molecule has 1 saturated heterocycles. The molecule has 0 aliphatic carbocycles. The molecule has 226 valence electrons. The highest BCUT2D eigenvalue weighted by Gasteiger charge is 2.20. The van der Waals surface area contributed by atoms with Crippen molar-refractivity contribution >= 4 is 34.9 Å². The summed E-state index contributed by atoms with van der Waals surface area (Å²) in [6.07, 6.45) is 2.97. The van der Waals surface area contributed by atoms with Gasteiger partial charge in [-0.05, 0) is 76.7 Å². The number of carbonyl (C=O) groups excluding carboxylic acids is 3. The molecule has 3 rings (SSSR count). The van der Waals surface area contributed by atoms with Crippen molar-refractivity contribution in [1.82, 2.24) is 25.0 Å². The largest absolute Gasteiger partial charge is 0.444 e. The van der Waals surface area contributed by atoms with Crippen molar-refractivity contribution in [3.05, 3.63) is 45.9 Å². The van der Waals surface area contributed by atoms with Gasteiger partial charge in [-0.3, -0.25) is 15.1 Å². The number of nitrogens with one attached hydrogen (secondary N) is 2. The second-order valence-corrected chi connectivity index (χ2v) is 12.5. The van der Waals surface area contributed by atoms with E-state index in [4.69, 9.17) is 4.74 Å². The molecule has 41 heavy (non-hydrogen) atoms. The first-order valence-electron chi connectivity index (χ1n) is 14.4. The van der Waals surface area contributed by atoms with Crippen molar-refractivity contribution in [1.29, 1.82) is 0 Å². The van der Waals surface area contributed by atoms with Crippen molar-refractivity contribution < 1.29 is 19.1 Å². The third-order valence-electron chi connectivity index (χ3n) is 6.98. The standard InChI is InChI=1S/C30H46N6O4S/c1-7-22(2)32-28(38)36(12-8-11-35-15-13-34(6)14-16-35)19-23-9-10-25(31-18-23)27(37)17-24-20-41-21-26(24)33-29(39)40-30(3,4)5/h9-10,18,20-22H,7-8,11-17,19H2,1-6H3,(H,32,38)(H,33,39). The Bertz CT molecular complexity index is 1140. The molecule has 3 amide bonds. The fraction of sp³-hybridized carbons (Fsp3) is 0.600. The highest BCUT2D eigenvalue weighted by atomic mass is 32.1. The summed E-state index contributed by atoms with van der Waals surface area (Å²) in [6.45, 7) is 15.7. The van der Waals surface area contributed by atoms with Crippen LogP contribution in [-0.4, -0.2) is 95.6 Å². The van der Waals surface area contributed by atoms with Crippen LogP contribution in [0.2, 0.25) is 0 Å². The number of Topliss-reactive ketones (excluding diaryl/α,β-unsaturated/α-hetero) is 1. The van der Waals surface area contributed by atoms with Gasteiger partial charge in [0.1, 0.15) is 11.3 Å². The predicted octanol–water partition coefficient (Wildman–Crippen LogP) is 4.86. The maximum absolute atomic E-state index is 13.1. The minimum absolute atomic E-state index is 0.0830. The van der Waals surface area contributed by atoms with E-state index in [-0.39, 0.29) is 24.3 Å². The van der Waals surface area contributed by atoms with Gasteiger partial charge in [0.05, 0.1) is 5.69 Å². The molecule has 2 aromatic heterocycles. The van der Waals surface area contributed by atoms with Gasteiger partial charge >= 0.3 is 12.1 Å². The maximum Gasteiger partial charge on any atom is 0.412 e. The zero-order valence-corrected chi connectivity index (χ0v) is 26.2. The number of urea groups is 1. The lowest BCUT2D eigenvalue weighted by Gasteiger charge is -2.33. The molecular weight excluding hydrogens is 540 g/mol. The van der Waals surface area contributed by atoms with Crippen molar-refractivity contribution in [3.8, 4) is 0 Å². The van der Waals surface area contributed by atoms with Crippen LogP contribution in [0.5, 0.6) is 0 Å². The van der Waals surface area contributed by atoms with Crippen LogP contribution < -0.4 is 10.6 Å². The lowest BCUT2D eigenvalue weighted by atomic mass is 10.1. The van der Waals surface area contributed by atoms with Crippen molar-refractivity contribution in [2.45, 2.75) is 72.1 Å². The summed E-state index contributed by atoms with van der Waals surface area (Å²) in [6, 6.07) is 3.57. The zero-order valence-electron chi connectivity index (χ0n) is 25.4. The Kier molecular flexibility index (Phi) is 12.1. The van der Waals surface area contributed by atoms with Gasteiger partial charge in [-0.2, -0.15) is 0 Å². The highest BCUT2D eigenvalue weighted by Crippen LogP contribution is 2.23. The summed E-state index contributed by atoms with van der Waals surface area (Å²) in [5, 5.41) is 9.44. The third-order valence-corrected chi connectivity index (χ3v) is 7.77. The quantitative estimate of drug-likeness (QED) is 0.342. The Morgan fingerprint density at radius 3 is 2.51 bits per heavy atom. The second kappa shape index (κ2) is 15.3. The number of ether oxygens (including phenoxy) is 1. The number of piperazine rings is 1. The molecule has 11 heteroatoms. The van der Waals surface area contributed by atoms with Crippen LogP contribution in [-0.2, 0) is 17.7 Å². The molecule has 1 fully saturated rings. The molecule has 0 radical (unpaired) electrons. The van der Waals surface area contributed by atoms with Gasteiger partial charge in [-0.1, -0.05) is 13.0 Å². The van der Waals surface area contributed by atoms with E-state index in [1.165, 1.54) is 11.3 Å². The summed E-state index contributed by atoms with van der Waals surface area (Å²) in [5.41, 5.74) is 1.87. The van der Waals surface area contributed by atoms with Crippen LogP contribution in [0.15, 0.2) is 29.1 Å². The van der Waals surface area contributed by atoms with E-state index in [0.29, 0.717) is 30.0 Å². The van der Waals surface area contributed by atoms with Gasteiger partial charge in [0.25, 0.3) is 0 Å². The van der Waals surface area contributed by atoms with Crippen LogP contribution in [0.4, 0.5) is 15.3 Å². The molecule has 10 nitrogen and oxygen atoms in total. The topological polar surface area (TPSA) is 107 Å². The van der Waals surface area contributed by atoms with Crippen molar-refractivity contribution in [2.24, 2.45) is 0 Å². The van der Waals surface area contributed by atoms with E-state index in [9.17, 15) is 14.4 Å². The number of pyridine rings is 1. The number of rotatable bonds is 12. The number of amides is 3. The van der Waals surface area contributed by atoms with Gasteiger partial charge in [0.15, 0.2) is 5.78 Å². The molecule has 0 bridgehead atoms. The molecule has 1 unspecified atom stereocenters. The number of hydrogen-bond acceptors (Lipinski definition) is 8. The number of aromatic nitrogens is 1. The third kappa shape index (κ3) is 11.1. The summed E-state index contributed by atoms with van der Waals surface area (Å²) < 4.78 is 5.32. The zero-order chi connectivity index (χ0) is 30.0. The van der Waals surface area contributed by atoms with Gasteiger partial charge in [0.2, 0.25) is 0 Å². The first kappa shape index (κ1) is 32.5. The monoisotopic (exact) mass is 586 g/mol. The van der Waals surface area contributed by atoms with Crippen molar-refractivity contribution in [2.75, 3.05) is 51.6 Å². The number of likely N-dealkylation sites (N-methyl/N-ethyl adjacent to an activating group) is 1. The number of ketones is 1. The van der Waals surface area contributed by atoms with Gasteiger partial charge < -0.3 is 24.8 Å².